The van der Waals surface area contributed by atoms with Crippen LogP contribution in [0.3, 0.4) is 0 Å². The van der Waals surface area contributed by atoms with Crippen molar-refractivity contribution in [2.75, 3.05) is 11.9 Å². The minimum absolute atomic E-state index is 0.0751. The van der Waals surface area contributed by atoms with Crippen molar-refractivity contribution in [3.8, 4) is 5.75 Å². The number of pyridine rings is 1. The predicted molar refractivity (Wildman–Crippen MR) is 61.2 cm³/mol. The standard InChI is InChI=1S/C10H11BrN2O3/c11-6-3-4-12-9(8(6)14)13-10(15)7-2-1-5-16-7/h3-4,7,14H,1-2,5H2,(H,12,13,15)/t7-/m1/s1. The molecular formula is C10H11BrN2O3. The molecule has 1 aromatic heterocycles. The Morgan fingerprint density at radius 3 is 3.19 bits per heavy atom. The van der Waals surface area contributed by atoms with Crippen LogP contribution in [0, 0.1) is 0 Å². The van der Waals surface area contributed by atoms with Gasteiger partial charge in [0, 0.05) is 12.8 Å². The number of nitrogens with one attached hydrogen (secondary N) is 1. The van der Waals surface area contributed by atoms with Gasteiger partial charge in [0.2, 0.25) is 0 Å². The molecule has 1 fully saturated rings. The first-order valence-electron chi connectivity index (χ1n) is 4.94. The number of hydrogen-bond donors (Lipinski definition) is 2. The Kier molecular flexibility index (Phi) is 3.40. The SMILES string of the molecule is O=C(Nc1nccc(Br)c1O)[C@H]1CCCO1. The number of anilines is 1. The van der Waals surface area contributed by atoms with Crippen molar-refractivity contribution in [2.24, 2.45) is 0 Å². The molecule has 1 atom stereocenters. The zero-order chi connectivity index (χ0) is 11.5. The quantitative estimate of drug-likeness (QED) is 0.868. The molecule has 16 heavy (non-hydrogen) atoms. The van der Waals surface area contributed by atoms with E-state index in [4.69, 9.17) is 4.74 Å². The largest absolute Gasteiger partial charge is 0.503 e. The van der Waals surface area contributed by atoms with Crippen molar-refractivity contribution in [3.63, 3.8) is 0 Å². The molecule has 1 aliphatic heterocycles. The maximum Gasteiger partial charge on any atom is 0.254 e. The van der Waals surface area contributed by atoms with Gasteiger partial charge in [0.15, 0.2) is 11.6 Å². The number of amides is 1. The molecule has 1 aliphatic rings. The van der Waals surface area contributed by atoms with E-state index < -0.39 is 6.10 Å². The van der Waals surface area contributed by atoms with Crippen LogP contribution in [-0.2, 0) is 9.53 Å². The second kappa shape index (κ2) is 4.80. The van der Waals surface area contributed by atoms with Crippen molar-refractivity contribution in [1.82, 2.24) is 4.98 Å². The summed E-state index contributed by atoms with van der Waals surface area (Å²) in [6.45, 7) is 0.607. The highest BCUT2D eigenvalue weighted by atomic mass is 79.9. The summed E-state index contributed by atoms with van der Waals surface area (Å²) in [4.78, 5) is 15.6. The van der Waals surface area contributed by atoms with Crippen LogP contribution in [0.25, 0.3) is 0 Å². The maximum absolute atomic E-state index is 11.7. The molecule has 2 heterocycles. The van der Waals surface area contributed by atoms with Crippen molar-refractivity contribution in [2.45, 2.75) is 18.9 Å². The summed E-state index contributed by atoms with van der Waals surface area (Å²) in [6.07, 6.45) is 2.66. The minimum atomic E-state index is -0.430. The van der Waals surface area contributed by atoms with Gasteiger partial charge in [-0.3, -0.25) is 4.79 Å². The normalized spacial score (nSPS) is 19.7. The summed E-state index contributed by atoms with van der Waals surface area (Å²) in [6, 6.07) is 1.59. The number of ether oxygens (including phenoxy) is 1. The van der Waals surface area contributed by atoms with Gasteiger partial charge in [0.05, 0.1) is 4.47 Å². The fourth-order valence-corrected chi connectivity index (χ4v) is 1.81. The number of hydrogen-bond acceptors (Lipinski definition) is 4. The monoisotopic (exact) mass is 286 g/mol. The van der Waals surface area contributed by atoms with Gasteiger partial charge in [-0.25, -0.2) is 4.98 Å². The zero-order valence-electron chi connectivity index (χ0n) is 8.44. The second-order valence-corrected chi connectivity index (χ2v) is 4.34. The van der Waals surface area contributed by atoms with Gasteiger partial charge < -0.3 is 15.2 Å². The second-order valence-electron chi connectivity index (χ2n) is 3.48. The summed E-state index contributed by atoms with van der Waals surface area (Å²) in [5, 5.41) is 12.2. The summed E-state index contributed by atoms with van der Waals surface area (Å²) in [5.41, 5.74) is 0. The maximum atomic E-state index is 11.7. The predicted octanol–water partition coefficient (Wildman–Crippen LogP) is 1.67. The molecule has 2 N–H and O–H groups in total. The first kappa shape index (κ1) is 11.3. The fourth-order valence-electron chi connectivity index (χ4n) is 1.50. The lowest BCUT2D eigenvalue weighted by atomic mass is 10.2. The number of carbonyl (C=O) groups is 1. The van der Waals surface area contributed by atoms with E-state index in [2.05, 4.69) is 26.2 Å². The van der Waals surface area contributed by atoms with Gasteiger partial charge >= 0.3 is 0 Å². The molecule has 1 amide bonds. The van der Waals surface area contributed by atoms with Gasteiger partial charge in [0.1, 0.15) is 6.10 Å². The molecule has 0 bridgehead atoms. The number of rotatable bonds is 2. The van der Waals surface area contributed by atoms with E-state index in [0.29, 0.717) is 17.5 Å². The molecule has 1 saturated heterocycles. The first-order chi connectivity index (χ1) is 7.68. The van der Waals surface area contributed by atoms with Gasteiger partial charge in [-0.05, 0) is 34.8 Å². The van der Waals surface area contributed by atoms with E-state index in [-0.39, 0.29) is 17.5 Å². The topological polar surface area (TPSA) is 71.5 Å². The van der Waals surface area contributed by atoms with Gasteiger partial charge in [-0.2, -0.15) is 0 Å². The molecule has 0 aromatic carbocycles. The molecule has 0 radical (unpaired) electrons. The Hall–Kier alpha value is -1.14. The molecule has 86 valence electrons. The van der Waals surface area contributed by atoms with Crippen LogP contribution in [0.4, 0.5) is 5.82 Å². The first-order valence-corrected chi connectivity index (χ1v) is 5.73. The summed E-state index contributed by atoms with van der Waals surface area (Å²) in [7, 11) is 0. The van der Waals surface area contributed by atoms with E-state index in [1.165, 1.54) is 6.20 Å². The summed E-state index contributed by atoms with van der Waals surface area (Å²) < 4.78 is 5.71. The van der Waals surface area contributed by atoms with Crippen molar-refractivity contribution in [1.29, 1.82) is 0 Å². The lowest BCUT2D eigenvalue weighted by Gasteiger charge is -2.10. The van der Waals surface area contributed by atoms with Crippen LogP contribution in [0.2, 0.25) is 0 Å². The van der Waals surface area contributed by atoms with Gasteiger partial charge in [-0.1, -0.05) is 0 Å². The van der Waals surface area contributed by atoms with Crippen LogP contribution in [-0.4, -0.2) is 28.7 Å². The fraction of sp³-hybridized carbons (Fsp3) is 0.400. The van der Waals surface area contributed by atoms with Crippen molar-refractivity contribution < 1.29 is 14.6 Å². The molecular weight excluding hydrogens is 276 g/mol. The lowest BCUT2D eigenvalue weighted by Crippen LogP contribution is -2.27. The van der Waals surface area contributed by atoms with Gasteiger partial charge in [0.25, 0.3) is 5.91 Å². The average molecular weight is 287 g/mol. The third kappa shape index (κ3) is 2.33. The molecule has 1 aromatic rings. The van der Waals surface area contributed by atoms with Gasteiger partial charge in [-0.15, -0.1) is 0 Å². The van der Waals surface area contributed by atoms with Crippen LogP contribution < -0.4 is 5.32 Å². The Morgan fingerprint density at radius 1 is 1.69 bits per heavy atom. The Balaban J connectivity index is 2.08. The number of carbonyl (C=O) groups excluding carboxylic acids is 1. The van der Waals surface area contributed by atoms with Crippen LogP contribution in [0.1, 0.15) is 12.8 Å². The molecule has 6 heteroatoms. The Morgan fingerprint density at radius 2 is 2.50 bits per heavy atom. The average Bonchev–Trinajstić information content (AvgIpc) is 2.78. The number of halogens is 1. The highest BCUT2D eigenvalue weighted by Crippen LogP contribution is 2.29. The van der Waals surface area contributed by atoms with E-state index in [1.54, 1.807) is 6.07 Å². The lowest BCUT2D eigenvalue weighted by molar-refractivity contribution is -0.124. The summed E-state index contributed by atoms with van der Waals surface area (Å²) in [5.74, 6) is -0.192. The van der Waals surface area contributed by atoms with Crippen LogP contribution >= 0.6 is 15.9 Å². The number of aromatic hydroxyl groups is 1. The zero-order valence-corrected chi connectivity index (χ0v) is 10.0. The molecule has 2 rings (SSSR count). The highest BCUT2D eigenvalue weighted by molar-refractivity contribution is 9.10. The van der Waals surface area contributed by atoms with Crippen molar-refractivity contribution in [3.05, 3.63) is 16.7 Å². The van der Waals surface area contributed by atoms with Crippen molar-refractivity contribution >= 4 is 27.7 Å². The smallest absolute Gasteiger partial charge is 0.254 e. The minimum Gasteiger partial charge on any atom is -0.503 e. The van der Waals surface area contributed by atoms with E-state index in [0.717, 1.165) is 6.42 Å². The molecule has 0 unspecified atom stereocenters. The summed E-state index contributed by atoms with van der Waals surface area (Å²) >= 11 is 3.15. The van der Waals surface area contributed by atoms with E-state index in [1.807, 2.05) is 0 Å². The van der Waals surface area contributed by atoms with E-state index in [9.17, 15) is 9.90 Å². The third-order valence-corrected chi connectivity index (χ3v) is 2.98. The third-order valence-electron chi connectivity index (χ3n) is 2.34. The van der Waals surface area contributed by atoms with Crippen LogP contribution in [0.5, 0.6) is 5.75 Å². The Bertz CT molecular complexity index is 405. The van der Waals surface area contributed by atoms with E-state index >= 15 is 0 Å². The number of nitrogens with zero attached hydrogens (tertiary/aromatic N) is 1. The Labute approximate surface area is 101 Å². The molecule has 0 saturated carbocycles. The highest BCUT2D eigenvalue weighted by Gasteiger charge is 2.24. The molecule has 5 nitrogen and oxygen atoms in total. The number of aromatic nitrogens is 1. The molecule has 0 spiro atoms. The molecule has 0 aliphatic carbocycles. The van der Waals surface area contributed by atoms with Crippen LogP contribution in [0.15, 0.2) is 16.7 Å².